The van der Waals surface area contributed by atoms with E-state index in [1.54, 1.807) is 18.3 Å². The lowest BCUT2D eigenvalue weighted by atomic mass is 10.1. The van der Waals surface area contributed by atoms with Gasteiger partial charge in [0.05, 0.1) is 13.2 Å². The van der Waals surface area contributed by atoms with E-state index < -0.39 is 5.92 Å². The fourth-order valence-corrected chi connectivity index (χ4v) is 1.32. The molecule has 1 unspecified atom stereocenters. The molecular formula is C12H15N3O2. The zero-order valence-corrected chi connectivity index (χ0v) is 9.93. The fraction of sp³-hybridized carbons (Fsp3) is 0.417. The highest BCUT2D eigenvalue weighted by molar-refractivity contribution is 5.80. The average molecular weight is 233 g/mol. The van der Waals surface area contributed by atoms with Crippen LogP contribution in [0.1, 0.15) is 18.9 Å². The van der Waals surface area contributed by atoms with Crippen molar-refractivity contribution in [1.82, 2.24) is 10.3 Å². The van der Waals surface area contributed by atoms with Crippen LogP contribution in [0.5, 0.6) is 5.88 Å². The SMILES string of the molecule is CCC(C#N)C(=O)NCc1ccnc(OC)c1. The van der Waals surface area contributed by atoms with Gasteiger partial charge in [-0.1, -0.05) is 6.92 Å². The Kier molecular flexibility index (Phi) is 4.95. The zero-order chi connectivity index (χ0) is 12.7. The third kappa shape index (κ3) is 3.76. The van der Waals surface area contributed by atoms with Crippen molar-refractivity contribution in [2.45, 2.75) is 19.9 Å². The van der Waals surface area contributed by atoms with Gasteiger partial charge in [0.25, 0.3) is 0 Å². The van der Waals surface area contributed by atoms with E-state index in [0.717, 1.165) is 5.56 Å². The summed E-state index contributed by atoms with van der Waals surface area (Å²) >= 11 is 0. The second-order valence-electron chi connectivity index (χ2n) is 3.51. The summed E-state index contributed by atoms with van der Waals surface area (Å²) in [7, 11) is 1.54. The average Bonchev–Trinajstić information content (AvgIpc) is 2.38. The molecule has 0 fully saturated rings. The van der Waals surface area contributed by atoms with E-state index in [1.165, 1.54) is 7.11 Å². The maximum Gasteiger partial charge on any atom is 0.237 e. The molecule has 0 saturated heterocycles. The quantitative estimate of drug-likeness (QED) is 0.830. The van der Waals surface area contributed by atoms with Crippen molar-refractivity contribution in [1.29, 1.82) is 5.26 Å². The minimum Gasteiger partial charge on any atom is -0.481 e. The van der Waals surface area contributed by atoms with E-state index in [0.29, 0.717) is 18.8 Å². The van der Waals surface area contributed by atoms with Crippen LogP contribution in [0.4, 0.5) is 0 Å². The van der Waals surface area contributed by atoms with Crippen LogP contribution in [0.15, 0.2) is 18.3 Å². The number of hydrogen-bond donors (Lipinski definition) is 1. The van der Waals surface area contributed by atoms with Crippen LogP contribution in [-0.2, 0) is 11.3 Å². The first kappa shape index (κ1) is 13.0. The van der Waals surface area contributed by atoms with E-state index >= 15 is 0 Å². The number of carbonyl (C=O) groups excluding carboxylic acids is 1. The first-order chi connectivity index (χ1) is 8.21. The van der Waals surface area contributed by atoms with Gasteiger partial charge in [-0.05, 0) is 18.1 Å². The third-order valence-electron chi connectivity index (χ3n) is 2.36. The van der Waals surface area contributed by atoms with Crippen molar-refractivity contribution in [3.63, 3.8) is 0 Å². The highest BCUT2D eigenvalue weighted by atomic mass is 16.5. The van der Waals surface area contributed by atoms with Gasteiger partial charge in [-0.3, -0.25) is 4.79 Å². The van der Waals surface area contributed by atoms with Crippen molar-refractivity contribution < 1.29 is 9.53 Å². The van der Waals surface area contributed by atoms with Gasteiger partial charge in [0, 0.05) is 18.8 Å². The second-order valence-corrected chi connectivity index (χ2v) is 3.51. The first-order valence-electron chi connectivity index (χ1n) is 5.37. The number of nitrogens with zero attached hydrogens (tertiary/aromatic N) is 2. The molecule has 1 aromatic heterocycles. The van der Waals surface area contributed by atoms with Crippen molar-refractivity contribution in [3.05, 3.63) is 23.9 Å². The molecule has 1 rings (SSSR count). The van der Waals surface area contributed by atoms with Crippen LogP contribution in [0.25, 0.3) is 0 Å². The van der Waals surface area contributed by atoms with Crippen LogP contribution < -0.4 is 10.1 Å². The van der Waals surface area contributed by atoms with E-state index in [4.69, 9.17) is 10.00 Å². The number of carbonyl (C=O) groups is 1. The standard InChI is InChI=1S/C12H15N3O2/c1-3-10(7-13)12(16)15-8-9-4-5-14-11(6-9)17-2/h4-6,10H,3,8H2,1-2H3,(H,15,16). The Morgan fingerprint density at radius 3 is 3.06 bits per heavy atom. The number of aromatic nitrogens is 1. The molecular weight excluding hydrogens is 218 g/mol. The molecule has 0 aliphatic rings. The van der Waals surface area contributed by atoms with Gasteiger partial charge in [-0.2, -0.15) is 5.26 Å². The maximum absolute atomic E-state index is 11.6. The van der Waals surface area contributed by atoms with Crippen LogP contribution >= 0.6 is 0 Å². The number of ether oxygens (including phenoxy) is 1. The van der Waals surface area contributed by atoms with Crippen molar-refractivity contribution in [3.8, 4) is 11.9 Å². The summed E-state index contributed by atoms with van der Waals surface area (Å²) in [6.07, 6.45) is 2.13. The fourth-order valence-electron chi connectivity index (χ4n) is 1.32. The first-order valence-corrected chi connectivity index (χ1v) is 5.37. The topological polar surface area (TPSA) is 75.0 Å². The van der Waals surface area contributed by atoms with Crippen molar-refractivity contribution in [2.24, 2.45) is 5.92 Å². The molecule has 17 heavy (non-hydrogen) atoms. The van der Waals surface area contributed by atoms with Gasteiger partial charge in [0.2, 0.25) is 11.8 Å². The summed E-state index contributed by atoms with van der Waals surface area (Å²) in [5, 5.41) is 11.4. The summed E-state index contributed by atoms with van der Waals surface area (Å²) in [6.45, 7) is 2.18. The Labute approximate surface area is 100 Å². The van der Waals surface area contributed by atoms with Gasteiger partial charge >= 0.3 is 0 Å². The lowest BCUT2D eigenvalue weighted by Crippen LogP contribution is -2.29. The van der Waals surface area contributed by atoms with E-state index in [1.807, 2.05) is 13.0 Å². The number of hydrogen-bond acceptors (Lipinski definition) is 4. The smallest absolute Gasteiger partial charge is 0.237 e. The molecule has 0 spiro atoms. The van der Waals surface area contributed by atoms with Gasteiger partial charge in [-0.15, -0.1) is 0 Å². The lowest BCUT2D eigenvalue weighted by Gasteiger charge is -2.08. The van der Waals surface area contributed by atoms with Crippen molar-refractivity contribution in [2.75, 3.05) is 7.11 Å². The predicted molar refractivity (Wildman–Crippen MR) is 62.0 cm³/mol. The molecule has 0 bridgehead atoms. The lowest BCUT2D eigenvalue weighted by molar-refractivity contribution is -0.123. The monoisotopic (exact) mass is 233 g/mol. The molecule has 5 heteroatoms. The molecule has 5 nitrogen and oxygen atoms in total. The highest BCUT2D eigenvalue weighted by Gasteiger charge is 2.14. The number of pyridine rings is 1. The summed E-state index contributed by atoms with van der Waals surface area (Å²) in [6, 6.07) is 5.49. The van der Waals surface area contributed by atoms with Crippen molar-refractivity contribution >= 4 is 5.91 Å². The maximum atomic E-state index is 11.6. The Morgan fingerprint density at radius 2 is 2.47 bits per heavy atom. The highest BCUT2D eigenvalue weighted by Crippen LogP contribution is 2.08. The molecule has 1 atom stereocenters. The van der Waals surface area contributed by atoms with E-state index in [-0.39, 0.29) is 5.91 Å². The molecule has 90 valence electrons. The molecule has 1 aromatic rings. The molecule has 1 amide bonds. The molecule has 1 N–H and O–H groups in total. The Morgan fingerprint density at radius 1 is 1.71 bits per heavy atom. The molecule has 0 saturated carbocycles. The number of amides is 1. The van der Waals surface area contributed by atoms with Gasteiger partial charge in [0.15, 0.2) is 0 Å². The largest absolute Gasteiger partial charge is 0.481 e. The van der Waals surface area contributed by atoms with Crippen LogP contribution in [0, 0.1) is 17.2 Å². The van der Waals surface area contributed by atoms with Gasteiger partial charge in [-0.25, -0.2) is 4.98 Å². The number of methoxy groups -OCH3 is 1. The van der Waals surface area contributed by atoms with E-state index in [2.05, 4.69) is 10.3 Å². The summed E-state index contributed by atoms with van der Waals surface area (Å²) in [4.78, 5) is 15.5. The Bertz CT molecular complexity index is 426. The summed E-state index contributed by atoms with van der Waals surface area (Å²) in [5.41, 5.74) is 0.887. The molecule has 1 heterocycles. The number of rotatable bonds is 5. The number of nitrogens with one attached hydrogen (secondary N) is 1. The van der Waals surface area contributed by atoms with Crippen LogP contribution in [-0.4, -0.2) is 18.0 Å². The molecule has 0 aromatic carbocycles. The third-order valence-corrected chi connectivity index (χ3v) is 2.36. The second kappa shape index (κ2) is 6.48. The molecule has 0 aliphatic heterocycles. The summed E-state index contributed by atoms with van der Waals surface area (Å²) < 4.78 is 4.98. The predicted octanol–water partition coefficient (Wildman–Crippen LogP) is 1.26. The minimum absolute atomic E-state index is 0.245. The van der Waals surface area contributed by atoms with Gasteiger partial charge < -0.3 is 10.1 Å². The van der Waals surface area contributed by atoms with Gasteiger partial charge in [0.1, 0.15) is 5.92 Å². The van der Waals surface area contributed by atoms with Crippen LogP contribution in [0.3, 0.4) is 0 Å². The minimum atomic E-state index is -0.585. The van der Waals surface area contributed by atoms with E-state index in [9.17, 15) is 4.79 Å². The Hall–Kier alpha value is -2.09. The number of nitriles is 1. The molecule has 0 radical (unpaired) electrons. The summed E-state index contributed by atoms with van der Waals surface area (Å²) in [5.74, 6) is -0.325. The van der Waals surface area contributed by atoms with Crippen LogP contribution in [0.2, 0.25) is 0 Å². The molecule has 0 aliphatic carbocycles. The Balaban J connectivity index is 2.55. The normalized spacial score (nSPS) is 11.4. The zero-order valence-electron chi connectivity index (χ0n) is 9.93.